The summed E-state index contributed by atoms with van der Waals surface area (Å²) in [7, 11) is 1.54. The van der Waals surface area contributed by atoms with E-state index >= 15 is 0 Å². The molecular weight excluding hydrogens is 255 g/mol. The SMILES string of the molecule is COc1cc(N)cc(Nc2ccc(Cl)cc2F)c1. The van der Waals surface area contributed by atoms with Crippen LogP contribution in [0, 0.1) is 5.82 Å². The Hall–Kier alpha value is -1.94. The van der Waals surface area contributed by atoms with E-state index in [1.807, 2.05) is 0 Å². The standard InChI is InChI=1S/C13H12ClFN2O/c1-18-11-6-9(16)5-10(7-11)17-13-3-2-8(14)4-12(13)15/h2-7,17H,16H2,1H3. The smallest absolute Gasteiger partial charge is 0.148 e. The van der Waals surface area contributed by atoms with Gasteiger partial charge in [0.15, 0.2) is 0 Å². The molecule has 0 aliphatic rings. The van der Waals surface area contributed by atoms with Crippen LogP contribution in [0.1, 0.15) is 0 Å². The minimum atomic E-state index is -0.427. The molecule has 0 unspecified atom stereocenters. The third-order valence-corrected chi connectivity index (χ3v) is 2.61. The minimum Gasteiger partial charge on any atom is -0.497 e. The van der Waals surface area contributed by atoms with Crippen molar-refractivity contribution in [1.29, 1.82) is 0 Å². The number of hydrogen-bond donors (Lipinski definition) is 2. The third kappa shape index (κ3) is 2.84. The van der Waals surface area contributed by atoms with Crippen molar-refractivity contribution in [2.75, 3.05) is 18.2 Å². The van der Waals surface area contributed by atoms with Gasteiger partial charge in [0.1, 0.15) is 11.6 Å². The van der Waals surface area contributed by atoms with Crippen molar-refractivity contribution in [3.8, 4) is 5.75 Å². The molecule has 94 valence electrons. The van der Waals surface area contributed by atoms with E-state index < -0.39 is 5.82 Å². The lowest BCUT2D eigenvalue weighted by Gasteiger charge is -2.10. The molecule has 0 heterocycles. The van der Waals surface area contributed by atoms with Gasteiger partial charge in [-0.3, -0.25) is 0 Å². The zero-order valence-electron chi connectivity index (χ0n) is 9.71. The maximum Gasteiger partial charge on any atom is 0.148 e. The molecule has 0 bridgehead atoms. The van der Waals surface area contributed by atoms with Crippen molar-refractivity contribution in [2.45, 2.75) is 0 Å². The Morgan fingerprint density at radius 1 is 1.22 bits per heavy atom. The predicted molar refractivity (Wildman–Crippen MR) is 72.1 cm³/mol. The number of nitrogens with two attached hydrogens (primary N) is 1. The average Bonchev–Trinajstić information content (AvgIpc) is 2.32. The molecule has 0 aromatic heterocycles. The summed E-state index contributed by atoms with van der Waals surface area (Å²) in [6.07, 6.45) is 0. The lowest BCUT2D eigenvalue weighted by atomic mass is 10.2. The number of nitrogens with one attached hydrogen (secondary N) is 1. The molecule has 0 saturated carbocycles. The van der Waals surface area contributed by atoms with Gasteiger partial charge in [-0.15, -0.1) is 0 Å². The minimum absolute atomic E-state index is 0.326. The Balaban J connectivity index is 2.30. The second-order valence-electron chi connectivity index (χ2n) is 3.74. The van der Waals surface area contributed by atoms with E-state index in [9.17, 15) is 4.39 Å². The quantitative estimate of drug-likeness (QED) is 0.831. The molecule has 18 heavy (non-hydrogen) atoms. The van der Waals surface area contributed by atoms with Gasteiger partial charge in [0.05, 0.1) is 12.8 Å². The van der Waals surface area contributed by atoms with Gasteiger partial charge < -0.3 is 15.8 Å². The first-order valence-corrected chi connectivity index (χ1v) is 5.63. The van der Waals surface area contributed by atoms with Crippen LogP contribution < -0.4 is 15.8 Å². The number of hydrogen-bond acceptors (Lipinski definition) is 3. The molecule has 2 aromatic rings. The van der Waals surface area contributed by atoms with Gasteiger partial charge >= 0.3 is 0 Å². The predicted octanol–water partition coefficient (Wildman–Crippen LogP) is 3.81. The van der Waals surface area contributed by atoms with Gasteiger partial charge in [0.2, 0.25) is 0 Å². The molecule has 0 atom stereocenters. The molecule has 3 N–H and O–H groups in total. The molecule has 2 aromatic carbocycles. The van der Waals surface area contributed by atoms with Crippen LogP contribution in [0.4, 0.5) is 21.5 Å². The summed E-state index contributed by atoms with van der Waals surface area (Å²) in [5.41, 5.74) is 7.22. The normalized spacial score (nSPS) is 10.2. The van der Waals surface area contributed by atoms with Crippen molar-refractivity contribution in [3.63, 3.8) is 0 Å². The molecule has 0 fully saturated rings. The Kier molecular flexibility index (Phi) is 3.58. The van der Waals surface area contributed by atoms with Crippen molar-refractivity contribution in [1.82, 2.24) is 0 Å². The fourth-order valence-corrected chi connectivity index (χ4v) is 1.72. The first-order chi connectivity index (χ1) is 8.58. The Morgan fingerprint density at radius 3 is 2.67 bits per heavy atom. The number of ether oxygens (including phenoxy) is 1. The Bertz CT molecular complexity index is 575. The molecule has 0 amide bonds. The monoisotopic (exact) mass is 266 g/mol. The summed E-state index contributed by atoms with van der Waals surface area (Å²) in [6.45, 7) is 0. The zero-order valence-corrected chi connectivity index (χ0v) is 10.5. The number of halogens is 2. The second-order valence-corrected chi connectivity index (χ2v) is 4.18. The van der Waals surface area contributed by atoms with Crippen LogP contribution in [0.3, 0.4) is 0 Å². The van der Waals surface area contributed by atoms with Crippen molar-refractivity contribution < 1.29 is 9.13 Å². The van der Waals surface area contributed by atoms with Crippen molar-refractivity contribution in [2.24, 2.45) is 0 Å². The molecule has 0 aliphatic carbocycles. The van der Waals surface area contributed by atoms with Crippen LogP contribution in [-0.4, -0.2) is 7.11 Å². The van der Waals surface area contributed by atoms with Crippen molar-refractivity contribution in [3.05, 3.63) is 47.2 Å². The summed E-state index contributed by atoms with van der Waals surface area (Å²) in [5.74, 6) is 0.177. The zero-order chi connectivity index (χ0) is 13.1. The molecule has 0 radical (unpaired) electrons. The maximum absolute atomic E-state index is 13.6. The van der Waals surface area contributed by atoms with Gasteiger partial charge in [0.25, 0.3) is 0 Å². The lowest BCUT2D eigenvalue weighted by Crippen LogP contribution is -1.96. The maximum atomic E-state index is 13.6. The second kappa shape index (κ2) is 5.14. The highest BCUT2D eigenvalue weighted by Gasteiger charge is 2.05. The van der Waals surface area contributed by atoms with Crippen LogP contribution in [0.25, 0.3) is 0 Å². The number of rotatable bonds is 3. The average molecular weight is 267 g/mol. The highest BCUT2D eigenvalue weighted by atomic mass is 35.5. The van der Waals surface area contributed by atoms with Gasteiger partial charge in [-0.2, -0.15) is 0 Å². The van der Waals surface area contributed by atoms with Gasteiger partial charge in [0, 0.05) is 28.5 Å². The number of benzene rings is 2. The Labute approximate surface area is 109 Å². The molecule has 0 aliphatic heterocycles. The molecule has 2 rings (SSSR count). The molecule has 0 spiro atoms. The summed E-state index contributed by atoms with van der Waals surface area (Å²) in [5, 5.41) is 3.27. The number of anilines is 3. The molecule has 5 heteroatoms. The summed E-state index contributed by atoms with van der Waals surface area (Å²) >= 11 is 5.69. The van der Waals surface area contributed by atoms with Crippen LogP contribution >= 0.6 is 11.6 Å². The van der Waals surface area contributed by atoms with Crippen LogP contribution in [0.5, 0.6) is 5.75 Å². The topological polar surface area (TPSA) is 47.3 Å². The van der Waals surface area contributed by atoms with Gasteiger partial charge in [-0.1, -0.05) is 11.6 Å². The van der Waals surface area contributed by atoms with Crippen molar-refractivity contribution >= 4 is 28.7 Å². The highest BCUT2D eigenvalue weighted by molar-refractivity contribution is 6.30. The van der Waals surface area contributed by atoms with E-state index in [4.69, 9.17) is 22.1 Å². The molecular formula is C13H12ClFN2O. The summed E-state index contributed by atoms with van der Waals surface area (Å²) < 4.78 is 18.7. The summed E-state index contributed by atoms with van der Waals surface area (Å²) in [6, 6.07) is 9.52. The van der Waals surface area contributed by atoms with E-state index in [1.165, 1.54) is 6.07 Å². The van der Waals surface area contributed by atoms with E-state index in [0.29, 0.717) is 27.8 Å². The van der Waals surface area contributed by atoms with Gasteiger partial charge in [-0.05, 0) is 24.3 Å². The van der Waals surface area contributed by atoms with E-state index in [2.05, 4.69) is 5.32 Å². The fraction of sp³-hybridized carbons (Fsp3) is 0.0769. The van der Waals surface area contributed by atoms with E-state index in [1.54, 1.807) is 37.4 Å². The van der Waals surface area contributed by atoms with Crippen LogP contribution in [0.2, 0.25) is 5.02 Å². The highest BCUT2D eigenvalue weighted by Crippen LogP contribution is 2.27. The van der Waals surface area contributed by atoms with Crippen LogP contribution in [0.15, 0.2) is 36.4 Å². The first-order valence-electron chi connectivity index (χ1n) is 5.25. The van der Waals surface area contributed by atoms with E-state index in [0.717, 1.165) is 0 Å². The number of nitrogen functional groups attached to an aromatic ring is 1. The summed E-state index contributed by atoms with van der Waals surface area (Å²) in [4.78, 5) is 0. The molecule has 0 saturated heterocycles. The van der Waals surface area contributed by atoms with Gasteiger partial charge in [-0.25, -0.2) is 4.39 Å². The third-order valence-electron chi connectivity index (χ3n) is 2.37. The van der Waals surface area contributed by atoms with E-state index in [-0.39, 0.29) is 0 Å². The largest absolute Gasteiger partial charge is 0.497 e. The fourth-order valence-electron chi connectivity index (χ4n) is 1.56. The first kappa shape index (κ1) is 12.5. The van der Waals surface area contributed by atoms with Crippen LogP contribution in [-0.2, 0) is 0 Å². The lowest BCUT2D eigenvalue weighted by molar-refractivity contribution is 0.415. The Morgan fingerprint density at radius 2 is 2.00 bits per heavy atom. The molecule has 3 nitrogen and oxygen atoms in total. The number of methoxy groups -OCH3 is 1.